The molecule has 1 atom stereocenters. The predicted octanol–water partition coefficient (Wildman–Crippen LogP) is 11.5. The number of phenolic OH excluding ortho intramolecular Hbond substituents is 2. The number of carbonyl (C=O) groups is 1. The van der Waals surface area contributed by atoms with Crippen LogP contribution in [-0.4, -0.2) is 36.4 Å². The summed E-state index contributed by atoms with van der Waals surface area (Å²) in [5.74, 6) is 0.214. The van der Waals surface area contributed by atoms with E-state index in [1.807, 2.05) is 30.3 Å². The number of pyridine rings is 4. The lowest BCUT2D eigenvalue weighted by Gasteiger charge is -2.23. The van der Waals surface area contributed by atoms with Gasteiger partial charge in [0.2, 0.25) is 0 Å². The van der Waals surface area contributed by atoms with Crippen LogP contribution >= 0.6 is 46.4 Å². The molecule has 0 spiro atoms. The number of fused-ring (bicyclic) bond motifs is 2. The SMILES string of the molecule is Nc1ccc(F)cn1.O=Cc1cccc(Cl)c1Cl.Oc1c(C(Nc2ccc(F)cn2)c2cccc(Cl)c2Cl)ccc2cccnc12.Oc1cccc2cccnc12. The van der Waals surface area contributed by atoms with Crippen molar-refractivity contribution in [1.82, 2.24) is 19.9 Å². The molecule has 4 aromatic carbocycles. The van der Waals surface area contributed by atoms with Crippen LogP contribution in [0.15, 0.2) is 140 Å². The topological polar surface area (TPSA) is 147 Å². The number of aldehydes is 1. The number of nitrogens with two attached hydrogens (primary N) is 1. The molecule has 4 aromatic heterocycles. The van der Waals surface area contributed by atoms with Crippen molar-refractivity contribution in [2.45, 2.75) is 6.04 Å². The highest BCUT2D eigenvalue weighted by atomic mass is 35.5. The van der Waals surface area contributed by atoms with Crippen LogP contribution in [0.2, 0.25) is 20.1 Å². The standard InChI is InChI=1S/C21H14Cl2FN3O.C9H7NO.C7H4Cl2O.C5H5FN2/c22-16-5-1-4-14(18(16)23)20(27-17-9-7-13(24)11-26-17)15-8-6-12-3-2-10-25-19(12)21(15)28;11-8-5-1-3-7-4-2-6-10-9(7)8;8-6-3-1-2-5(4-10)7(6)9;6-4-1-2-5(7)8-3-4/h1-11,20,28H,(H,26,27);1-6,11H;1-4H;1-3H,(H2,7,8). The zero-order valence-electron chi connectivity index (χ0n) is 29.4. The molecule has 8 rings (SSSR count). The number of aromatic nitrogens is 4. The molecule has 288 valence electrons. The molecular formula is C42H30Cl4F2N6O3. The zero-order chi connectivity index (χ0) is 40.9. The van der Waals surface area contributed by atoms with Crippen LogP contribution in [0, 0.1) is 11.6 Å². The normalized spacial score (nSPS) is 10.8. The molecule has 57 heavy (non-hydrogen) atoms. The third-order valence-electron chi connectivity index (χ3n) is 7.87. The van der Waals surface area contributed by atoms with Gasteiger partial charge in [-0.1, -0.05) is 107 Å². The van der Waals surface area contributed by atoms with E-state index >= 15 is 0 Å². The van der Waals surface area contributed by atoms with E-state index in [4.69, 9.17) is 52.1 Å². The van der Waals surface area contributed by atoms with E-state index in [0.717, 1.165) is 23.2 Å². The Bertz CT molecular complexity index is 2580. The Hall–Kier alpha value is -6.11. The number of nitrogens with one attached hydrogen (secondary N) is 1. The van der Waals surface area contributed by atoms with Crippen molar-refractivity contribution in [3.05, 3.63) is 188 Å². The summed E-state index contributed by atoms with van der Waals surface area (Å²) >= 11 is 23.9. The first-order valence-corrected chi connectivity index (χ1v) is 18.2. The molecule has 15 heteroatoms. The number of aromatic hydroxyl groups is 2. The van der Waals surface area contributed by atoms with Crippen LogP contribution in [0.25, 0.3) is 21.8 Å². The third kappa shape index (κ3) is 11.2. The number of carbonyl (C=O) groups excluding carboxylic acids is 1. The molecule has 0 aliphatic rings. The number of hydrogen-bond donors (Lipinski definition) is 4. The molecule has 9 nitrogen and oxygen atoms in total. The molecule has 4 heterocycles. The number of para-hydroxylation sites is 1. The molecule has 1 unspecified atom stereocenters. The van der Waals surface area contributed by atoms with E-state index in [1.165, 1.54) is 24.3 Å². The van der Waals surface area contributed by atoms with Gasteiger partial charge in [-0.3, -0.25) is 14.8 Å². The first-order chi connectivity index (χ1) is 27.5. The first kappa shape index (κ1) is 42.0. The fourth-order valence-corrected chi connectivity index (χ4v) is 5.91. The second-order valence-electron chi connectivity index (χ2n) is 11.7. The first-order valence-electron chi connectivity index (χ1n) is 16.6. The van der Waals surface area contributed by atoms with Crippen LogP contribution in [0.3, 0.4) is 0 Å². The van der Waals surface area contributed by atoms with Gasteiger partial charge >= 0.3 is 0 Å². The summed E-state index contributed by atoms with van der Waals surface area (Å²) in [7, 11) is 0. The smallest absolute Gasteiger partial charge is 0.151 e. The lowest BCUT2D eigenvalue weighted by Crippen LogP contribution is -2.14. The van der Waals surface area contributed by atoms with E-state index in [9.17, 15) is 23.8 Å². The highest BCUT2D eigenvalue weighted by molar-refractivity contribution is 6.43. The maximum atomic E-state index is 13.2. The minimum atomic E-state index is -0.587. The monoisotopic (exact) mass is 844 g/mol. The number of anilines is 2. The molecule has 8 aromatic rings. The quantitative estimate of drug-likeness (QED) is 0.124. The van der Waals surface area contributed by atoms with E-state index in [0.29, 0.717) is 65.7 Å². The van der Waals surface area contributed by atoms with Crippen molar-refractivity contribution in [3.63, 3.8) is 0 Å². The molecule has 0 radical (unpaired) electrons. The largest absolute Gasteiger partial charge is 0.506 e. The summed E-state index contributed by atoms with van der Waals surface area (Å²) in [5, 5.41) is 26.7. The maximum Gasteiger partial charge on any atom is 0.151 e. The fourth-order valence-electron chi connectivity index (χ4n) is 5.14. The van der Waals surface area contributed by atoms with Gasteiger partial charge in [-0.15, -0.1) is 0 Å². The summed E-state index contributed by atoms with van der Waals surface area (Å²) in [6, 6.07) is 31.5. The molecule has 0 fully saturated rings. The van der Waals surface area contributed by atoms with Crippen molar-refractivity contribution in [2.75, 3.05) is 11.1 Å². The number of nitrogen functional groups attached to an aromatic ring is 1. The van der Waals surface area contributed by atoms with Crippen LogP contribution in [0.5, 0.6) is 11.5 Å². The minimum Gasteiger partial charge on any atom is -0.506 e. The van der Waals surface area contributed by atoms with Crippen molar-refractivity contribution < 1.29 is 23.8 Å². The van der Waals surface area contributed by atoms with Crippen LogP contribution < -0.4 is 11.1 Å². The number of benzene rings is 4. The van der Waals surface area contributed by atoms with Crippen molar-refractivity contribution in [1.29, 1.82) is 0 Å². The Balaban J connectivity index is 0.000000173. The number of rotatable bonds is 5. The maximum absolute atomic E-state index is 13.2. The van der Waals surface area contributed by atoms with Gasteiger partial charge in [0.1, 0.15) is 45.8 Å². The molecule has 0 bridgehead atoms. The van der Waals surface area contributed by atoms with Gasteiger partial charge in [0.15, 0.2) is 6.29 Å². The molecule has 0 aliphatic carbocycles. The Morgan fingerprint density at radius 1 is 0.614 bits per heavy atom. The minimum absolute atomic E-state index is 0.0220. The Morgan fingerprint density at radius 2 is 1.21 bits per heavy atom. The van der Waals surface area contributed by atoms with Gasteiger partial charge in [-0.2, -0.15) is 0 Å². The van der Waals surface area contributed by atoms with Gasteiger partial charge in [0.25, 0.3) is 0 Å². The van der Waals surface area contributed by atoms with Crippen LogP contribution in [-0.2, 0) is 0 Å². The lowest BCUT2D eigenvalue weighted by atomic mass is 9.96. The van der Waals surface area contributed by atoms with Gasteiger partial charge in [0.05, 0.1) is 38.5 Å². The number of nitrogens with zero attached hydrogens (tertiary/aromatic N) is 4. The summed E-state index contributed by atoms with van der Waals surface area (Å²) < 4.78 is 25.2. The van der Waals surface area contributed by atoms with E-state index in [2.05, 4.69) is 25.3 Å². The number of phenols is 2. The van der Waals surface area contributed by atoms with Gasteiger partial charge < -0.3 is 21.3 Å². The Kier molecular flexibility index (Phi) is 14.9. The number of hydrogen-bond acceptors (Lipinski definition) is 9. The van der Waals surface area contributed by atoms with Gasteiger partial charge in [-0.25, -0.2) is 18.7 Å². The summed E-state index contributed by atoms with van der Waals surface area (Å²) in [5.41, 5.74) is 7.89. The Labute approximate surface area is 345 Å². The van der Waals surface area contributed by atoms with Crippen molar-refractivity contribution >= 4 is 86.1 Å². The highest BCUT2D eigenvalue weighted by Gasteiger charge is 2.23. The molecular weight excluding hydrogens is 816 g/mol. The second-order valence-corrected chi connectivity index (χ2v) is 13.2. The Morgan fingerprint density at radius 3 is 1.81 bits per heavy atom. The number of halogens is 6. The van der Waals surface area contributed by atoms with Crippen molar-refractivity contribution in [3.8, 4) is 11.5 Å². The van der Waals surface area contributed by atoms with Crippen LogP contribution in [0.1, 0.15) is 27.5 Å². The summed E-state index contributed by atoms with van der Waals surface area (Å²) in [6.07, 6.45) is 6.15. The predicted molar refractivity (Wildman–Crippen MR) is 223 cm³/mol. The molecule has 0 amide bonds. The average molecular weight is 847 g/mol. The van der Waals surface area contributed by atoms with E-state index < -0.39 is 11.9 Å². The average Bonchev–Trinajstić information content (AvgIpc) is 3.22. The fraction of sp³-hybridized carbons (Fsp3) is 0.0238. The van der Waals surface area contributed by atoms with Crippen molar-refractivity contribution in [2.24, 2.45) is 0 Å². The van der Waals surface area contributed by atoms with Gasteiger partial charge in [-0.05, 0) is 60.2 Å². The third-order valence-corrected chi connectivity index (χ3v) is 9.54. The van der Waals surface area contributed by atoms with Crippen LogP contribution in [0.4, 0.5) is 20.4 Å². The summed E-state index contributed by atoms with van der Waals surface area (Å²) in [4.78, 5) is 26.1. The highest BCUT2D eigenvalue weighted by Crippen LogP contribution is 2.40. The molecule has 0 saturated heterocycles. The molecule has 0 saturated carbocycles. The molecule has 5 N–H and O–H groups in total. The van der Waals surface area contributed by atoms with Gasteiger partial charge in [0, 0.05) is 34.3 Å². The molecule has 0 aliphatic heterocycles. The van der Waals surface area contributed by atoms with E-state index in [-0.39, 0.29) is 17.3 Å². The summed E-state index contributed by atoms with van der Waals surface area (Å²) in [6.45, 7) is 0. The van der Waals surface area contributed by atoms with E-state index in [1.54, 1.807) is 73.1 Å². The zero-order valence-corrected chi connectivity index (χ0v) is 32.4. The second kappa shape index (κ2) is 20.2. The lowest BCUT2D eigenvalue weighted by molar-refractivity contribution is 0.112.